The van der Waals surface area contributed by atoms with Gasteiger partial charge < -0.3 is 4.74 Å². The number of benzene rings is 1. The molecule has 0 saturated carbocycles. The first-order chi connectivity index (χ1) is 8.35. The fourth-order valence-electron chi connectivity index (χ4n) is 2.30. The van der Waals surface area contributed by atoms with Crippen molar-refractivity contribution in [2.45, 2.75) is 26.9 Å². The molecule has 0 amide bonds. The summed E-state index contributed by atoms with van der Waals surface area (Å²) in [6.07, 6.45) is -0.866. The second-order valence-corrected chi connectivity index (χ2v) is 5.15. The first kappa shape index (κ1) is 12.7. The number of ketones is 1. The van der Waals surface area contributed by atoms with Gasteiger partial charge in [-0.25, -0.2) is 4.39 Å². The van der Waals surface area contributed by atoms with Crippen LogP contribution in [-0.2, 0) is 14.3 Å². The molecule has 1 aliphatic rings. The zero-order valence-corrected chi connectivity index (χ0v) is 10.6. The highest BCUT2D eigenvalue weighted by Crippen LogP contribution is 2.44. The lowest BCUT2D eigenvalue weighted by Crippen LogP contribution is -2.46. The number of esters is 1. The maximum atomic E-state index is 13.8. The number of Topliss-reactive ketones (excluding diaryl/α,β-unsaturated/α-hetero) is 1. The summed E-state index contributed by atoms with van der Waals surface area (Å²) in [5.74, 6) is -2.06. The summed E-state index contributed by atoms with van der Waals surface area (Å²) in [6, 6.07) is 6.05. The summed E-state index contributed by atoms with van der Waals surface area (Å²) in [4.78, 5) is 23.8. The van der Waals surface area contributed by atoms with Gasteiger partial charge in [0.05, 0.1) is 5.41 Å². The van der Waals surface area contributed by atoms with Gasteiger partial charge in [-0.2, -0.15) is 0 Å². The quantitative estimate of drug-likeness (QED) is 0.568. The number of halogens is 1. The molecule has 1 aromatic carbocycles. The first-order valence-electron chi connectivity index (χ1n) is 5.85. The number of carbonyl (C=O) groups is 2. The van der Waals surface area contributed by atoms with Crippen LogP contribution >= 0.6 is 0 Å². The topological polar surface area (TPSA) is 43.4 Å². The summed E-state index contributed by atoms with van der Waals surface area (Å²) in [7, 11) is 0. The molecular formula is C14H15FO3. The smallest absolute Gasteiger partial charge is 0.316 e. The standard InChI is InChI=1S/C14H15FO3/c1-8-11(16)14(2,3)12(18-13(8)17)9-6-4-5-7-10(9)15/h4-8,12H,1-3H3/t8-,12-/m0/s1. The molecule has 1 heterocycles. The molecule has 0 aromatic heterocycles. The summed E-state index contributed by atoms with van der Waals surface area (Å²) in [6.45, 7) is 4.87. The van der Waals surface area contributed by atoms with Crippen LogP contribution in [0.3, 0.4) is 0 Å². The number of hydrogen-bond acceptors (Lipinski definition) is 3. The van der Waals surface area contributed by atoms with Crippen LogP contribution in [0, 0.1) is 17.2 Å². The van der Waals surface area contributed by atoms with Crippen molar-refractivity contribution in [3.8, 4) is 0 Å². The second kappa shape index (κ2) is 4.19. The van der Waals surface area contributed by atoms with Crippen molar-refractivity contribution in [1.82, 2.24) is 0 Å². The molecule has 3 nitrogen and oxygen atoms in total. The summed E-state index contributed by atoms with van der Waals surface area (Å²) in [5.41, 5.74) is -0.675. The number of carbonyl (C=O) groups excluding carboxylic acids is 2. The van der Waals surface area contributed by atoms with E-state index < -0.39 is 29.2 Å². The molecule has 1 saturated heterocycles. The lowest BCUT2D eigenvalue weighted by molar-refractivity contribution is -0.177. The molecule has 96 valence electrons. The Morgan fingerprint density at radius 1 is 1.22 bits per heavy atom. The van der Waals surface area contributed by atoms with E-state index >= 15 is 0 Å². The van der Waals surface area contributed by atoms with Crippen molar-refractivity contribution in [3.05, 3.63) is 35.6 Å². The third kappa shape index (κ3) is 1.82. The Hall–Kier alpha value is -1.71. The molecule has 0 unspecified atom stereocenters. The minimum absolute atomic E-state index is 0.216. The Bertz CT molecular complexity index is 508. The van der Waals surface area contributed by atoms with E-state index in [1.54, 1.807) is 26.0 Å². The summed E-state index contributed by atoms with van der Waals surface area (Å²) >= 11 is 0. The van der Waals surface area contributed by atoms with E-state index in [0.717, 1.165) is 0 Å². The van der Waals surface area contributed by atoms with Crippen LogP contribution in [0.4, 0.5) is 4.39 Å². The molecule has 4 heteroatoms. The minimum Gasteiger partial charge on any atom is -0.456 e. The monoisotopic (exact) mass is 250 g/mol. The van der Waals surface area contributed by atoms with E-state index in [0.29, 0.717) is 0 Å². The Labute approximate surface area is 105 Å². The molecule has 2 atom stereocenters. The molecule has 18 heavy (non-hydrogen) atoms. The van der Waals surface area contributed by atoms with Gasteiger partial charge >= 0.3 is 5.97 Å². The van der Waals surface area contributed by atoms with E-state index in [-0.39, 0.29) is 11.3 Å². The predicted molar refractivity (Wildman–Crippen MR) is 63.2 cm³/mol. The Kier molecular flexibility index (Phi) is 2.97. The maximum absolute atomic E-state index is 13.8. The van der Waals surface area contributed by atoms with Gasteiger partial charge in [-0.15, -0.1) is 0 Å². The van der Waals surface area contributed by atoms with Crippen LogP contribution in [-0.4, -0.2) is 11.8 Å². The lowest BCUT2D eigenvalue weighted by Gasteiger charge is -2.39. The molecule has 0 aliphatic carbocycles. The lowest BCUT2D eigenvalue weighted by atomic mass is 9.73. The fourth-order valence-corrected chi connectivity index (χ4v) is 2.30. The van der Waals surface area contributed by atoms with Gasteiger partial charge in [0.1, 0.15) is 17.8 Å². The molecule has 2 rings (SSSR count). The third-order valence-corrected chi connectivity index (χ3v) is 3.46. The van der Waals surface area contributed by atoms with Crippen molar-refractivity contribution in [3.63, 3.8) is 0 Å². The van der Waals surface area contributed by atoms with Gasteiger partial charge in [-0.3, -0.25) is 9.59 Å². The van der Waals surface area contributed by atoms with Gasteiger partial charge in [-0.05, 0) is 26.8 Å². The molecule has 0 radical (unpaired) electrons. The molecule has 1 aliphatic heterocycles. The van der Waals surface area contributed by atoms with Gasteiger partial charge in [0.15, 0.2) is 5.78 Å². The Balaban J connectivity index is 2.48. The van der Waals surface area contributed by atoms with Crippen molar-refractivity contribution in [1.29, 1.82) is 0 Å². The second-order valence-electron chi connectivity index (χ2n) is 5.15. The summed E-state index contributed by atoms with van der Waals surface area (Å²) in [5, 5.41) is 0. The van der Waals surface area contributed by atoms with Gasteiger partial charge in [-0.1, -0.05) is 18.2 Å². The molecule has 0 N–H and O–H groups in total. The average molecular weight is 250 g/mol. The SMILES string of the molecule is C[C@@H]1C(=O)O[C@@H](c2ccccc2F)C(C)(C)C1=O. The van der Waals surface area contributed by atoms with E-state index in [2.05, 4.69) is 0 Å². The van der Waals surface area contributed by atoms with E-state index in [9.17, 15) is 14.0 Å². The van der Waals surface area contributed by atoms with Crippen molar-refractivity contribution in [2.75, 3.05) is 0 Å². The number of rotatable bonds is 1. The zero-order valence-electron chi connectivity index (χ0n) is 10.6. The number of ether oxygens (including phenoxy) is 1. The van der Waals surface area contributed by atoms with Crippen molar-refractivity contribution in [2.24, 2.45) is 11.3 Å². The highest BCUT2D eigenvalue weighted by Gasteiger charge is 2.49. The Morgan fingerprint density at radius 2 is 1.83 bits per heavy atom. The van der Waals surface area contributed by atoms with E-state index in [1.165, 1.54) is 19.1 Å². The predicted octanol–water partition coefficient (Wildman–Crippen LogP) is 2.66. The van der Waals surface area contributed by atoms with Crippen LogP contribution in [0.1, 0.15) is 32.4 Å². The largest absolute Gasteiger partial charge is 0.456 e. The van der Waals surface area contributed by atoms with Gasteiger partial charge in [0.25, 0.3) is 0 Å². The first-order valence-corrected chi connectivity index (χ1v) is 5.85. The molecular weight excluding hydrogens is 235 g/mol. The van der Waals surface area contributed by atoms with Crippen LogP contribution in [0.15, 0.2) is 24.3 Å². The molecule has 1 aromatic rings. The minimum atomic E-state index is -0.921. The third-order valence-electron chi connectivity index (χ3n) is 3.46. The van der Waals surface area contributed by atoms with E-state index in [4.69, 9.17) is 4.74 Å². The molecule has 0 bridgehead atoms. The summed E-state index contributed by atoms with van der Waals surface area (Å²) < 4.78 is 19.0. The van der Waals surface area contributed by atoms with E-state index in [1.807, 2.05) is 0 Å². The fraction of sp³-hybridized carbons (Fsp3) is 0.429. The Morgan fingerprint density at radius 3 is 2.44 bits per heavy atom. The highest BCUT2D eigenvalue weighted by molar-refractivity contribution is 6.03. The van der Waals surface area contributed by atoms with Crippen LogP contribution < -0.4 is 0 Å². The number of cyclic esters (lactones) is 1. The van der Waals surface area contributed by atoms with Crippen molar-refractivity contribution >= 4 is 11.8 Å². The van der Waals surface area contributed by atoms with Crippen LogP contribution in [0.5, 0.6) is 0 Å². The maximum Gasteiger partial charge on any atom is 0.316 e. The van der Waals surface area contributed by atoms with Gasteiger partial charge in [0, 0.05) is 5.56 Å². The highest BCUT2D eigenvalue weighted by atomic mass is 19.1. The zero-order chi connectivity index (χ0) is 13.5. The average Bonchev–Trinajstić information content (AvgIpc) is 2.33. The van der Waals surface area contributed by atoms with Crippen molar-refractivity contribution < 1.29 is 18.7 Å². The van der Waals surface area contributed by atoms with Gasteiger partial charge in [0.2, 0.25) is 0 Å². The van der Waals surface area contributed by atoms with Crippen LogP contribution in [0.2, 0.25) is 0 Å². The normalized spacial score (nSPS) is 26.9. The number of hydrogen-bond donors (Lipinski definition) is 0. The van der Waals surface area contributed by atoms with Crippen LogP contribution in [0.25, 0.3) is 0 Å². The molecule has 1 fully saturated rings. The molecule has 0 spiro atoms.